The van der Waals surface area contributed by atoms with Gasteiger partial charge in [-0.25, -0.2) is 0 Å². The molecule has 5 nitrogen and oxygen atoms in total. The lowest BCUT2D eigenvalue weighted by Gasteiger charge is -2.61. The van der Waals surface area contributed by atoms with Crippen LogP contribution in [0.2, 0.25) is 0 Å². The fourth-order valence-electron chi connectivity index (χ4n) is 7.21. The van der Waals surface area contributed by atoms with Crippen molar-refractivity contribution in [3.8, 4) is 0 Å². The fourth-order valence-corrected chi connectivity index (χ4v) is 7.21. The van der Waals surface area contributed by atoms with Crippen molar-refractivity contribution in [1.29, 1.82) is 0 Å². The summed E-state index contributed by atoms with van der Waals surface area (Å²) in [4.78, 5) is 0. The van der Waals surface area contributed by atoms with Crippen molar-refractivity contribution >= 4 is 0 Å². The third-order valence-corrected chi connectivity index (χ3v) is 8.46. The Balaban J connectivity index is 1.47. The molecular formula is C22H41N3O2. The standard InChI is InChI=1S/C22H41N3O2/c1-21(2)18-5-6-22(27-21,11-19(18)23)17-9-15(8-16(10-17)13-26)7-14-3-4-20(24)25-12-14/h14-20,25-26H,3-13,23-24H2,1-2H3. The molecule has 2 bridgehead atoms. The second-order valence-corrected chi connectivity index (χ2v) is 10.8. The van der Waals surface area contributed by atoms with E-state index >= 15 is 0 Å². The highest BCUT2D eigenvalue weighted by molar-refractivity contribution is 5.09. The molecule has 0 aromatic rings. The van der Waals surface area contributed by atoms with Gasteiger partial charge >= 0.3 is 0 Å². The van der Waals surface area contributed by atoms with Crippen LogP contribution in [0.5, 0.6) is 0 Å². The largest absolute Gasteiger partial charge is 0.396 e. The van der Waals surface area contributed by atoms with E-state index in [9.17, 15) is 5.11 Å². The van der Waals surface area contributed by atoms with Crippen LogP contribution in [0.15, 0.2) is 0 Å². The lowest BCUT2D eigenvalue weighted by atomic mass is 9.57. The highest BCUT2D eigenvalue weighted by atomic mass is 16.5. The molecule has 3 saturated heterocycles. The maximum Gasteiger partial charge on any atom is 0.0733 e. The van der Waals surface area contributed by atoms with Gasteiger partial charge in [-0.1, -0.05) is 0 Å². The van der Waals surface area contributed by atoms with Gasteiger partial charge in [-0.15, -0.1) is 0 Å². The van der Waals surface area contributed by atoms with Crippen LogP contribution in [0.1, 0.15) is 71.6 Å². The van der Waals surface area contributed by atoms with Crippen LogP contribution in [0.4, 0.5) is 0 Å². The van der Waals surface area contributed by atoms with Crippen molar-refractivity contribution < 1.29 is 9.84 Å². The molecule has 2 saturated carbocycles. The lowest BCUT2D eigenvalue weighted by Crippen LogP contribution is -2.66. The van der Waals surface area contributed by atoms with E-state index in [4.69, 9.17) is 16.2 Å². The van der Waals surface area contributed by atoms with E-state index in [1.807, 2.05) is 0 Å². The molecule has 8 atom stereocenters. The minimum absolute atomic E-state index is 0.0586. The minimum Gasteiger partial charge on any atom is -0.396 e. The summed E-state index contributed by atoms with van der Waals surface area (Å²) in [5.74, 6) is 2.87. The van der Waals surface area contributed by atoms with Crippen molar-refractivity contribution in [1.82, 2.24) is 5.32 Å². The molecule has 0 aromatic heterocycles. The first kappa shape index (κ1) is 20.1. The zero-order chi connectivity index (χ0) is 19.2. The van der Waals surface area contributed by atoms with Gasteiger partial charge in [0.05, 0.1) is 17.4 Å². The summed E-state index contributed by atoms with van der Waals surface area (Å²) in [5.41, 5.74) is 12.4. The average molecular weight is 380 g/mol. The van der Waals surface area contributed by atoms with Gasteiger partial charge in [0, 0.05) is 18.6 Å². The fraction of sp³-hybridized carbons (Fsp3) is 1.00. The number of nitrogens with two attached hydrogens (primary N) is 2. The molecule has 3 aliphatic heterocycles. The molecule has 5 fully saturated rings. The van der Waals surface area contributed by atoms with Crippen LogP contribution in [0.25, 0.3) is 0 Å². The maximum atomic E-state index is 9.99. The Morgan fingerprint density at radius 2 is 1.81 bits per heavy atom. The molecule has 2 aliphatic carbocycles. The van der Waals surface area contributed by atoms with Crippen LogP contribution in [-0.2, 0) is 4.74 Å². The summed E-state index contributed by atoms with van der Waals surface area (Å²) in [6.07, 6.45) is 10.6. The van der Waals surface area contributed by atoms with Crippen LogP contribution < -0.4 is 16.8 Å². The van der Waals surface area contributed by atoms with Crippen molar-refractivity contribution in [2.24, 2.45) is 41.1 Å². The number of rotatable bonds is 4. The highest BCUT2D eigenvalue weighted by Gasteiger charge is 2.58. The summed E-state index contributed by atoms with van der Waals surface area (Å²) in [6.45, 7) is 5.85. The van der Waals surface area contributed by atoms with Crippen LogP contribution in [0, 0.1) is 29.6 Å². The molecule has 5 heteroatoms. The number of nitrogens with one attached hydrogen (secondary N) is 1. The Labute approximate surface area is 165 Å². The Morgan fingerprint density at radius 1 is 1.04 bits per heavy atom. The number of hydrogen-bond donors (Lipinski definition) is 4. The number of ether oxygens (including phenoxy) is 1. The third-order valence-electron chi connectivity index (χ3n) is 8.46. The Kier molecular flexibility index (Phi) is 5.63. The van der Waals surface area contributed by atoms with E-state index in [2.05, 4.69) is 19.2 Å². The van der Waals surface area contributed by atoms with Crippen molar-refractivity contribution in [2.45, 2.75) is 95.0 Å². The molecule has 0 radical (unpaired) electrons. The van der Waals surface area contributed by atoms with Gasteiger partial charge < -0.3 is 26.6 Å². The summed E-state index contributed by atoms with van der Waals surface area (Å²) in [7, 11) is 0. The monoisotopic (exact) mass is 379 g/mol. The van der Waals surface area contributed by atoms with Gasteiger partial charge in [-0.2, -0.15) is 0 Å². The summed E-state index contributed by atoms with van der Waals surface area (Å²) >= 11 is 0. The molecule has 3 heterocycles. The smallest absolute Gasteiger partial charge is 0.0733 e. The molecular weight excluding hydrogens is 338 g/mol. The second-order valence-electron chi connectivity index (χ2n) is 10.8. The predicted octanol–water partition coefficient (Wildman–Crippen LogP) is 2.36. The summed E-state index contributed by atoms with van der Waals surface area (Å²) < 4.78 is 6.82. The highest BCUT2D eigenvalue weighted by Crippen LogP contribution is 2.56. The zero-order valence-electron chi connectivity index (χ0n) is 17.3. The Bertz CT molecular complexity index is 520. The number of fused-ring (bicyclic) bond motifs is 3. The summed E-state index contributed by atoms with van der Waals surface area (Å²) in [6, 6.07) is 0.263. The first-order chi connectivity index (χ1) is 12.8. The maximum absolute atomic E-state index is 9.99. The van der Waals surface area contributed by atoms with Gasteiger partial charge in [0.1, 0.15) is 0 Å². The Hall–Kier alpha value is -0.200. The van der Waals surface area contributed by atoms with Crippen LogP contribution >= 0.6 is 0 Å². The normalized spacial score (nSPS) is 49.9. The van der Waals surface area contributed by atoms with Gasteiger partial charge in [0.25, 0.3) is 0 Å². The molecule has 6 N–H and O–H groups in total. The van der Waals surface area contributed by atoms with E-state index in [1.165, 1.54) is 32.1 Å². The van der Waals surface area contributed by atoms with Crippen LogP contribution in [-0.4, -0.2) is 41.7 Å². The van der Waals surface area contributed by atoms with Crippen molar-refractivity contribution in [2.75, 3.05) is 13.2 Å². The first-order valence-corrected chi connectivity index (χ1v) is 11.4. The van der Waals surface area contributed by atoms with Gasteiger partial charge in [0.2, 0.25) is 0 Å². The van der Waals surface area contributed by atoms with E-state index in [0.717, 1.165) is 38.1 Å². The van der Waals surface area contributed by atoms with Gasteiger partial charge in [-0.05, 0) is 102 Å². The molecule has 156 valence electrons. The van der Waals surface area contributed by atoms with Crippen LogP contribution in [0.3, 0.4) is 0 Å². The van der Waals surface area contributed by atoms with Crippen molar-refractivity contribution in [3.63, 3.8) is 0 Å². The number of aliphatic hydroxyl groups excluding tert-OH is 1. The van der Waals surface area contributed by atoms with E-state index in [0.29, 0.717) is 30.3 Å². The number of hydrogen-bond acceptors (Lipinski definition) is 5. The summed E-state index contributed by atoms with van der Waals surface area (Å²) in [5, 5.41) is 13.4. The topological polar surface area (TPSA) is 93.5 Å². The molecule has 0 aromatic carbocycles. The third kappa shape index (κ3) is 3.95. The average Bonchev–Trinajstić information content (AvgIpc) is 2.62. The van der Waals surface area contributed by atoms with Gasteiger partial charge in [0.15, 0.2) is 0 Å². The molecule has 8 unspecified atom stereocenters. The second kappa shape index (κ2) is 7.56. The Morgan fingerprint density at radius 3 is 2.44 bits per heavy atom. The molecule has 27 heavy (non-hydrogen) atoms. The molecule has 0 amide bonds. The van der Waals surface area contributed by atoms with E-state index < -0.39 is 0 Å². The first-order valence-electron chi connectivity index (χ1n) is 11.4. The lowest BCUT2D eigenvalue weighted by molar-refractivity contribution is -0.271. The van der Waals surface area contributed by atoms with Crippen molar-refractivity contribution in [3.05, 3.63) is 0 Å². The minimum atomic E-state index is -0.110. The molecule has 5 rings (SSSR count). The number of aliphatic hydroxyl groups is 1. The number of piperidine rings is 1. The van der Waals surface area contributed by atoms with E-state index in [1.54, 1.807) is 0 Å². The van der Waals surface area contributed by atoms with E-state index in [-0.39, 0.29) is 23.4 Å². The predicted molar refractivity (Wildman–Crippen MR) is 108 cm³/mol. The zero-order valence-corrected chi connectivity index (χ0v) is 17.3. The SMILES string of the molecule is CC1(C)OC2(C3CC(CO)CC(CC4CCC(N)NC4)C3)CCC1C(N)C2. The molecule has 0 spiro atoms. The molecule has 5 aliphatic rings. The quantitative estimate of drug-likeness (QED) is 0.602. The van der Waals surface area contributed by atoms with Gasteiger partial charge in [-0.3, -0.25) is 0 Å².